The minimum atomic E-state index is -1.01. The molecule has 1 aliphatic heterocycles. The van der Waals surface area contributed by atoms with Crippen LogP contribution in [0.4, 0.5) is 5.82 Å². The molecule has 0 bridgehead atoms. The fourth-order valence-corrected chi connectivity index (χ4v) is 4.55. The standard InChI is InChI=1S/C25H22Cl2N4O3/c1-14-2-7-18(12-19(14)24(32)33)34-25-28-21-13-20(27)23(29-22(21)30-25)31-10-8-16(9-11-31)15-3-5-17(26)6-4-15/h2-5,7-8,12-13,17H,6,9-11H2,1H3,(H,32,33)(H,28,29,30). The normalized spacial score (nSPS) is 18.1. The SMILES string of the molecule is Cc1ccc(Oc2nc3nc(N4CC=C(C5=CCC(Cl)C=C5)CC4)c(Cl)cc3[nH]2)cc1C(=O)O. The number of aromatic carboxylic acids is 1. The third-order valence-corrected chi connectivity index (χ3v) is 6.57. The molecule has 0 radical (unpaired) electrons. The van der Waals surface area contributed by atoms with E-state index in [9.17, 15) is 9.90 Å². The highest BCUT2D eigenvalue weighted by Gasteiger charge is 2.20. The first-order valence-electron chi connectivity index (χ1n) is 10.9. The second-order valence-electron chi connectivity index (χ2n) is 8.29. The number of imidazole rings is 1. The fourth-order valence-electron chi connectivity index (χ4n) is 4.12. The summed E-state index contributed by atoms with van der Waals surface area (Å²) in [6.45, 7) is 3.21. The third kappa shape index (κ3) is 4.54. The van der Waals surface area contributed by atoms with Crippen LogP contribution in [0.25, 0.3) is 11.2 Å². The van der Waals surface area contributed by atoms with E-state index < -0.39 is 5.97 Å². The van der Waals surface area contributed by atoms with Crippen molar-refractivity contribution in [3.63, 3.8) is 0 Å². The van der Waals surface area contributed by atoms with Crippen molar-refractivity contribution in [3.05, 3.63) is 75.9 Å². The molecule has 0 spiro atoms. The van der Waals surface area contributed by atoms with Crippen molar-refractivity contribution >= 4 is 46.2 Å². The number of nitrogens with one attached hydrogen (secondary N) is 1. The van der Waals surface area contributed by atoms with Gasteiger partial charge in [-0.2, -0.15) is 4.98 Å². The Hall–Kier alpha value is -3.29. The van der Waals surface area contributed by atoms with Crippen LogP contribution in [0.3, 0.4) is 0 Å². The van der Waals surface area contributed by atoms with Gasteiger partial charge >= 0.3 is 12.0 Å². The zero-order valence-corrected chi connectivity index (χ0v) is 19.9. The molecular formula is C25H22Cl2N4O3. The number of hydrogen-bond acceptors (Lipinski definition) is 5. The van der Waals surface area contributed by atoms with E-state index in [1.54, 1.807) is 25.1 Å². The number of aromatic nitrogens is 3. The molecule has 0 saturated carbocycles. The zero-order chi connectivity index (χ0) is 23.8. The number of carboxylic acids is 1. The Labute approximate surface area is 206 Å². The maximum absolute atomic E-state index is 11.4. The van der Waals surface area contributed by atoms with E-state index in [1.807, 2.05) is 6.08 Å². The van der Waals surface area contributed by atoms with Crippen LogP contribution in [-0.2, 0) is 0 Å². The monoisotopic (exact) mass is 496 g/mol. The molecule has 1 aromatic carbocycles. The van der Waals surface area contributed by atoms with Crippen molar-refractivity contribution in [2.45, 2.75) is 25.1 Å². The summed E-state index contributed by atoms with van der Waals surface area (Å²) in [4.78, 5) is 25.7. The second kappa shape index (κ2) is 9.16. The van der Waals surface area contributed by atoms with E-state index in [1.165, 1.54) is 17.2 Å². The number of allylic oxidation sites excluding steroid dienone is 4. The van der Waals surface area contributed by atoms with Crippen LogP contribution in [0, 0.1) is 6.92 Å². The number of aryl methyl sites for hydroxylation is 1. The predicted octanol–water partition coefficient (Wildman–Crippen LogP) is 6.04. The molecule has 2 aromatic heterocycles. The Balaban J connectivity index is 1.36. The number of H-pyrrole nitrogens is 1. The van der Waals surface area contributed by atoms with E-state index in [2.05, 4.69) is 38.1 Å². The summed E-state index contributed by atoms with van der Waals surface area (Å²) in [6.07, 6.45) is 10.3. The maximum Gasteiger partial charge on any atom is 0.336 e. The summed E-state index contributed by atoms with van der Waals surface area (Å²) in [6, 6.07) is 6.86. The molecule has 0 fully saturated rings. The highest BCUT2D eigenvalue weighted by Crippen LogP contribution is 2.32. The molecule has 0 amide bonds. The van der Waals surface area contributed by atoms with Gasteiger partial charge in [0.1, 0.15) is 11.6 Å². The van der Waals surface area contributed by atoms with Gasteiger partial charge in [0.2, 0.25) is 0 Å². The number of alkyl halides is 1. The molecule has 174 valence electrons. The lowest BCUT2D eigenvalue weighted by atomic mass is 9.95. The molecule has 1 unspecified atom stereocenters. The first-order chi connectivity index (χ1) is 16.4. The Morgan fingerprint density at radius 1 is 1.26 bits per heavy atom. The van der Waals surface area contributed by atoms with Gasteiger partial charge in [-0.15, -0.1) is 11.6 Å². The van der Waals surface area contributed by atoms with E-state index in [-0.39, 0.29) is 17.0 Å². The molecule has 2 aliphatic rings. The minimum absolute atomic E-state index is 0.0760. The van der Waals surface area contributed by atoms with E-state index in [0.29, 0.717) is 39.9 Å². The van der Waals surface area contributed by atoms with Gasteiger partial charge in [-0.3, -0.25) is 0 Å². The lowest BCUT2D eigenvalue weighted by molar-refractivity contribution is 0.0695. The van der Waals surface area contributed by atoms with Crippen LogP contribution < -0.4 is 9.64 Å². The summed E-state index contributed by atoms with van der Waals surface area (Å²) < 4.78 is 5.76. The van der Waals surface area contributed by atoms with Gasteiger partial charge in [0, 0.05) is 13.1 Å². The van der Waals surface area contributed by atoms with Crippen LogP contribution in [0.15, 0.2) is 59.7 Å². The molecule has 0 saturated heterocycles. The van der Waals surface area contributed by atoms with E-state index in [0.717, 1.165) is 19.4 Å². The minimum Gasteiger partial charge on any atom is -0.478 e. The highest BCUT2D eigenvalue weighted by molar-refractivity contribution is 6.33. The van der Waals surface area contributed by atoms with Gasteiger partial charge in [0.25, 0.3) is 0 Å². The fraction of sp³-hybridized carbons (Fsp3) is 0.240. The lowest BCUT2D eigenvalue weighted by Crippen LogP contribution is -2.30. The number of rotatable bonds is 5. The molecule has 7 nitrogen and oxygen atoms in total. The van der Waals surface area contributed by atoms with Gasteiger partial charge in [-0.05, 0) is 54.7 Å². The number of halogens is 2. The van der Waals surface area contributed by atoms with Crippen molar-refractivity contribution < 1.29 is 14.6 Å². The third-order valence-electron chi connectivity index (χ3n) is 5.97. The number of fused-ring (bicyclic) bond motifs is 1. The predicted molar refractivity (Wildman–Crippen MR) is 134 cm³/mol. The molecule has 5 rings (SSSR count). The van der Waals surface area contributed by atoms with Crippen LogP contribution in [0.2, 0.25) is 5.02 Å². The van der Waals surface area contributed by atoms with Crippen molar-refractivity contribution in [1.82, 2.24) is 15.0 Å². The Morgan fingerprint density at radius 3 is 2.82 bits per heavy atom. The highest BCUT2D eigenvalue weighted by atomic mass is 35.5. The van der Waals surface area contributed by atoms with Crippen LogP contribution >= 0.6 is 23.2 Å². The average molecular weight is 497 g/mol. The van der Waals surface area contributed by atoms with Crippen molar-refractivity contribution in [3.8, 4) is 11.8 Å². The molecule has 3 aromatic rings. The van der Waals surface area contributed by atoms with Crippen molar-refractivity contribution in [2.75, 3.05) is 18.0 Å². The Kier molecular flexibility index (Phi) is 6.06. The first-order valence-corrected chi connectivity index (χ1v) is 11.7. The van der Waals surface area contributed by atoms with Gasteiger partial charge in [0.15, 0.2) is 5.65 Å². The lowest BCUT2D eigenvalue weighted by Gasteiger charge is -2.29. The average Bonchev–Trinajstić information content (AvgIpc) is 3.21. The number of anilines is 1. The molecule has 1 atom stereocenters. The number of ether oxygens (including phenoxy) is 1. The second-order valence-corrected chi connectivity index (χ2v) is 9.25. The van der Waals surface area contributed by atoms with Gasteiger partial charge in [0.05, 0.1) is 21.5 Å². The largest absolute Gasteiger partial charge is 0.478 e. The number of pyridine rings is 1. The van der Waals surface area contributed by atoms with Gasteiger partial charge < -0.3 is 19.7 Å². The molecule has 3 heterocycles. The summed E-state index contributed by atoms with van der Waals surface area (Å²) in [7, 11) is 0. The number of aromatic amines is 1. The van der Waals surface area contributed by atoms with Gasteiger partial charge in [-0.1, -0.05) is 42.0 Å². The van der Waals surface area contributed by atoms with Gasteiger partial charge in [-0.25, -0.2) is 9.78 Å². The number of carboxylic acid groups (broad SMARTS) is 1. The topological polar surface area (TPSA) is 91.3 Å². The van der Waals surface area contributed by atoms with Crippen molar-refractivity contribution in [2.24, 2.45) is 0 Å². The summed E-state index contributed by atoms with van der Waals surface area (Å²) in [5, 5.41) is 9.93. The number of benzene rings is 1. The summed E-state index contributed by atoms with van der Waals surface area (Å²) in [5.41, 5.74) is 4.48. The van der Waals surface area contributed by atoms with Crippen LogP contribution in [0.1, 0.15) is 28.8 Å². The molecular weight excluding hydrogens is 475 g/mol. The molecule has 1 aliphatic carbocycles. The van der Waals surface area contributed by atoms with E-state index >= 15 is 0 Å². The van der Waals surface area contributed by atoms with Crippen molar-refractivity contribution in [1.29, 1.82) is 0 Å². The Bertz CT molecular complexity index is 1380. The van der Waals surface area contributed by atoms with Crippen LogP contribution in [-0.4, -0.2) is 44.5 Å². The van der Waals surface area contributed by atoms with E-state index in [4.69, 9.17) is 27.9 Å². The first kappa shape index (κ1) is 22.5. The van der Waals surface area contributed by atoms with Crippen LogP contribution in [0.5, 0.6) is 11.8 Å². The quantitative estimate of drug-likeness (QED) is 0.418. The zero-order valence-electron chi connectivity index (χ0n) is 18.4. The summed E-state index contributed by atoms with van der Waals surface area (Å²) in [5.74, 6) is 0.0251. The number of hydrogen-bond donors (Lipinski definition) is 2. The Morgan fingerprint density at radius 2 is 2.12 bits per heavy atom. The molecule has 34 heavy (non-hydrogen) atoms. The summed E-state index contributed by atoms with van der Waals surface area (Å²) >= 11 is 12.7. The molecule has 9 heteroatoms. The number of carbonyl (C=O) groups is 1. The number of nitrogens with zero attached hydrogens (tertiary/aromatic N) is 3. The molecule has 2 N–H and O–H groups in total. The smallest absolute Gasteiger partial charge is 0.336 e. The maximum atomic E-state index is 11.4.